The fraction of sp³-hybridized carbons (Fsp3) is 0.227. The summed E-state index contributed by atoms with van der Waals surface area (Å²) in [7, 11) is 1.99. The Kier molecular flexibility index (Phi) is 6.23. The number of amides is 1. The second-order valence-corrected chi connectivity index (χ2v) is 6.39. The van der Waals surface area contributed by atoms with Gasteiger partial charge in [0.25, 0.3) is 0 Å². The molecule has 0 aliphatic heterocycles. The molecule has 3 rings (SSSR count). The van der Waals surface area contributed by atoms with E-state index in [0.29, 0.717) is 19.5 Å². The maximum atomic E-state index is 12.5. The Balaban J connectivity index is 1.60. The van der Waals surface area contributed by atoms with Gasteiger partial charge in [-0.3, -0.25) is 9.69 Å². The van der Waals surface area contributed by atoms with Crippen molar-refractivity contribution in [3.63, 3.8) is 0 Å². The molecule has 26 heavy (non-hydrogen) atoms. The summed E-state index contributed by atoms with van der Waals surface area (Å²) in [6, 6.07) is 23.8. The predicted molar refractivity (Wildman–Crippen MR) is 103 cm³/mol. The molecule has 0 saturated heterocycles. The van der Waals surface area contributed by atoms with Gasteiger partial charge in [-0.25, -0.2) is 0 Å². The summed E-state index contributed by atoms with van der Waals surface area (Å²) < 4.78 is 5.35. The van der Waals surface area contributed by atoms with Crippen LogP contribution >= 0.6 is 0 Å². The van der Waals surface area contributed by atoms with E-state index in [1.807, 2.05) is 79.8 Å². The highest BCUT2D eigenvalue weighted by atomic mass is 16.3. The number of benzene rings is 2. The number of rotatable bonds is 8. The molecule has 0 spiro atoms. The molecule has 3 aromatic rings. The van der Waals surface area contributed by atoms with E-state index in [1.54, 1.807) is 6.26 Å². The molecule has 0 saturated carbocycles. The van der Waals surface area contributed by atoms with Crippen LogP contribution in [-0.4, -0.2) is 24.4 Å². The SMILES string of the molecule is CN(CCC(=O)NC(c1ccccc1)c1ccccc1)Cc1ccco1. The molecule has 1 N–H and O–H groups in total. The number of nitrogens with one attached hydrogen (secondary N) is 1. The van der Waals surface area contributed by atoms with Gasteiger partial charge in [-0.15, -0.1) is 0 Å². The molecule has 4 nitrogen and oxygen atoms in total. The van der Waals surface area contributed by atoms with Gasteiger partial charge in [0, 0.05) is 13.0 Å². The molecule has 0 fully saturated rings. The van der Waals surface area contributed by atoms with Gasteiger partial charge in [0.1, 0.15) is 5.76 Å². The van der Waals surface area contributed by atoms with E-state index in [9.17, 15) is 4.79 Å². The second kappa shape index (κ2) is 9.02. The molecule has 0 bridgehead atoms. The van der Waals surface area contributed by atoms with Gasteiger partial charge in [-0.1, -0.05) is 60.7 Å². The number of hydrogen-bond donors (Lipinski definition) is 1. The number of furan rings is 1. The first-order valence-corrected chi connectivity index (χ1v) is 8.82. The van der Waals surface area contributed by atoms with Crippen molar-refractivity contribution in [2.45, 2.75) is 19.0 Å². The third-order valence-electron chi connectivity index (χ3n) is 4.30. The van der Waals surface area contributed by atoms with Gasteiger partial charge in [0.15, 0.2) is 0 Å². The van der Waals surface area contributed by atoms with Crippen molar-refractivity contribution in [3.8, 4) is 0 Å². The molecule has 2 aromatic carbocycles. The molecule has 1 amide bonds. The summed E-state index contributed by atoms with van der Waals surface area (Å²) in [6.45, 7) is 1.36. The van der Waals surface area contributed by atoms with Crippen LogP contribution in [0.5, 0.6) is 0 Å². The summed E-state index contributed by atoms with van der Waals surface area (Å²) in [5, 5.41) is 3.17. The monoisotopic (exact) mass is 348 g/mol. The Labute approximate surface area is 154 Å². The third kappa shape index (κ3) is 5.07. The number of carbonyl (C=O) groups is 1. The van der Waals surface area contributed by atoms with Crippen molar-refractivity contribution in [2.24, 2.45) is 0 Å². The van der Waals surface area contributed by atoms with Crippen molar-refractivity contribution in [1.82, 2.24) is 10.2 Å². The zero-order valence-electron chi connectivity index (χ0n) is 15.0. The van der Waals surface area contributed by atoms with Gasteiger partial charge >= 0.3 is 0 Å². The van der Waals surface area contributed by atoms with Crippen LogP contribution in [0.4, 0.5) is 0 Å². The van der Waals surface area contributed by atoms with Crippen LogP contribution in [0, 0.1) is 0 Å². The normalized spacial score (nSPS) is 11.0. The van der Waals surface area contributed by atoms with Crippen LogP contribution in [0.25, 0.3) is 0 Å². The lowest BCUT2D eigenvalue weighted by atomic mass is 9.98. The minimum absolute atomic E-state index is 0.0361. The fourth-order valence-corrected chi connectivity index (χ4v) is 2.92. The highest BCUT2D eigenvalue weighted by Crippen LogP contribution is 2.21. The van der Waals surface area contributed by atoms with Crippen molar-refractivity contribution >= 4 is 5.91 Å². The van der Waals surface area contributed by atoms with E-state index in [0.717, 1.165) is 16.9 Å². The lowest BCUT2D eigenvalue weighted by Gasteiger charge is -2.21. The Hall–Kier alpha value is -2.85. The average molecular weight is 348 g/mol. The zero-order chi connectivity index (χ0) is 18.2. The van der Waals surface area contributed by atoms with Gasteiger partial charge < -0.3 is 9.73 Å². The lowest BCUT2D eigenvalue weighted by molar-refractivity contribution is -0.121. The van der Waals surface area contributed by atoms with Crippen LogP contribution < -0.4 is 5.32 Å². The third-order valence-corrected chi connectivity index (χ3v) is 4.30. The molecular formula is C22H24N2O2. The highest BCUT2D eigenvalue weighted by molar-refractivity contribution is 5.77. The topological polar surface area (TPSA) is 45.5 Å². The van der Waals surface area contributed by atoms with Crippen LogP contribution in [-0.2, 0) is 11.3 Å². The summed E-state index contributed by atoms with van der Waals surface area (Å²) in [6.07, 6.45) is 2.10. The number of carbonyl (C=O) groups excluding carboxylic acids is 1. The fourth-order valence-electron chi connectivity index (χ4n) is 2.92. The first kappa shape index (κ1) is 18.0. The van der Waals surface area contributed by atoms with E-state index >= 15 is 0 Å². The van der Waals surface area contributed by atoms with Gasteiger partial charge in [0.2, 0.25) is 5.91 Å². The maximum absolute atomic E-state index is 12.5. The smallest absolute Gasteiger partial charge is 0.222 e. The molecule has 134 valence electrons. The molecule has 4 heteroatoms. The standard InChI is InChI=1S/C22H24N2O2/c1-24(17-20-13-8-16-26-20)15-14-21(25)23-22(18-9-4-2-5-10-18)19-11-6-3-7-12-19/h2-13,16,22H,14-15,17H2,1H3,(H,23,25). The van der Waals surface area contributed by atoms with Crippen molar-refractivity contribution in [3.05, 3.63) is 95.9 Å². The molecule has 1 heterocycles. The van der Waals surface area contributed by atoms with Crippen LogP contribution in [0.1, 0.15) is 29.3 Å². The molecule has 0 aliphatic rings. The summed E-state index contributed by atoms with van der Waals surface area (Å²) in [4.78, 5) is 14.6. The maximum Gasteiger partial charge on any atom is 0.222 e. The Morgan fingerprint density at radius 1 is 0.962 bits per heavy atom. The van der Waals surface area contributed by atoms with Crippen molar-refractivity contribution in [2.75, 3.05) is 13.6 Å². The van der Waals surface area contributed by atoms with Crippen LogP contribution in [0.3, 0.4) is 0 Å². The lowest BCUT2D eigenvalue weighted by Crippen LogP contribution is -2.32. The van der Waals surface area contributed by atoms with Gasteiger partial charge in [-0.05, 0) is 30.3 Å². The zero-order valence-corrected chi connectivity index (χ0v) is 15.0. The minimum atomic E-state index is -0.139. The van der Waals surface area contributed by atoms with Gasteiger partial charge in [0.05, 0.1) is 18.8 Å². The second-order valence-electron chi connectivity index (χ2n) is 6.39. The van der Waals surface area contributed by atoms with Crippen molar-refractivity contribution < 1.29 is 9.21 Å². The summed E-state index contributed by atoms with van der Waals surface area (Å²) >= 11 is 0. The predicted octanol–water partition coefficient (Wildman–Crippen LogP) is 4.01. The minimum Gasteiger partial charge on any atom is -0.468 e. The molecule has 0 atom stereocenters. The molecule has 0 unspecified atom stereocenters. The van der Waals surface area contributed by atoms with E-state index in [-0.39, 0.29) is 11.9 Å². The van der Waals surface area contributed by atoms with E-state index in [1.165, 1.54) is 0 Å². The first-order chi connectivity index (χ1) is 12.7. The van der Waals surface area contributed by atoms with Crippen LogP contribution in [0.15, 0.2) is 83.5 Å². The molecular weight excluding hydrogens is 324 g/mol. The van der Waals surface area contributed by atoms with Crippen LogP contribution in [0.2, 0.25) is 0 Å². The van der Waals surface area contributed by atoms with Crippen molar-refractivity contribution in [1.29, 1.82) is 0 Å². The average Bonchev–Trinajstić information content (AvgIpc) is 3.19. The van der Waals surface area contributed by atoms with E-state index in [4.69, 9.17) is 4.42 Å². The Bertz CT molecular complexity index is 746. The quantitative estimate of drug-likeness (QED) is 0.669. The van der Waals surface area contributed by atoms with E-state index < -0.39 is 0 Å². The van der Waals surface area contributed by atoms with E-state index in [2.05, 4.69) is 10.2 Å². The first-order valence-electron chi connectivity index (χ1n) is 8.82. The number of hydrogen-bond acceptors (Lipinski definition) is 3. The molecule has 0 aliphatic carbocycles. The summed E-state index contributed by atoms with van der Waals surface area (Å²) in [5.41, 5.74) is 2.16. The largest absolute Gasteiger partial charge is 0.468 e. The molecule has 1 aromatic heterocycles. The van der Waals surface area contributed by atoms with Gasteiger partial charge in [-0.2, -0.15) is 0 Å². The highest BCUT2D eigenvalue weighted by Gasteiger charge is 2.16. The Morgan fingerprint density at radius 2 is 1.58 bits per heavy atom. The number of nitrogens with zero attached hydrogens (tertiary/aromatic N) is 1. The molecule has 0 radical (unpaired) electrons. The summed E-state index contributed by atoms with van der Waals surface area (Å²) in [5.74, 6) is 0.938. The Morgan fingerprint density at radius 3 is 2.12 bits per heavy atom.